The summed E-state index contributed by atoms with van der Waals surface area (Å²) in [6, 6.07) is 21.5. The lowest BCUT2D eigenvalue weighted by molar-refractivity contribution is 1.48. The first kappa shape index (κ1) is 28.4. The van der Waals surface area contributed by atoms with Crippen LogP contribution in [0.25, 0.3) is 0 Å². The molecule has 0 N–H and O–H groups in total. The van der Waals surface area contributed by atoms with Gasteiger partial charge in [-0.2, -0.15) is 0 Å². The highest BCUT2D eigenvalue weighted by Crippen LogP contribution is 2.19. The second-order valence-corrected chi connectivity index (χ2v) is 33.4. The van der Waals surface area contributed by atoms with E-state index in [0.29, 0.717) is 0 Å². The van der Waals surface area contributed by atoms with Gasteiger partial charge in [0.1, 0.15) is 0 Å². The quantitative estimate of drug-likeness (QED) is 0.216. The van der Waals surface area contributed by atoms with Crippen molar-refractivity contribution < 1.29 is 0 Å². The van der Waals surface area contributed by atoms with Crippen molar-refractivity contribution in [3.05, 3.63) is 71.3 Å². The lowest BCUT2D eigenvalue weighted by Crippen LogP contribution is -2.66. The van der Waals surface area contributed by atoms with E-state index in [1.54, 1.807) is 0 Å². The summed E-state index contributed by atoms with van der Waals surface area (Å²) in [5.41, 5.74) is 4.02. The fraction of sp³-hybridized carbons (Fsp3) is 0.400. The maximum Gasteiger partial charge on any atom is 0.248 e. The van der Waals surface area contributed by atoms with Crippen LogP contribution in [-0.2, 0) is 0 Å². The highest BCUT2D eigenvalue weighted by molar-refractivity contribution is 7.40. The number of halogens is 1. The second-order valence-electron chi connectivity index (χ2n) is 13.5. The molecular formula is C30H45ClSi4. The molecule has 0 radical (unpaired) electrons. The number of aryl methyl sites for hydroxylation is 3. The van der Waals surface area contributed by atoms with Crippen molar-refractivity contribution in [3.8, 4) is 0 Å². The number of hydrogen-bond acceptors (Lipinski definition) is 0. The van der Waals surface area contributed by atoms with Crippen molar-refractivity contribution in [1.29, 1.82) is 0 Å². The van der Waals surface area contributed by atoms with E-state index in [9.17, 15) is 0 Å². The molecule has 0 aliphatic carbocycles. The summed E-state index contributed by atoms with van der Waals surface area (Å²) in [6.07, 6.45) is 0. The van der Waals surface area contributed by atoms with Crippen LogP contribution >= 0.6 is 11.1 Å². The predicted octanol–water partition coefficient (Wildman–Crippen LogP) is 5.45. The topological polar surface area (TPSA) is 0 Å². The van der Waals surface area contributed by atoms with Crippen LogP contribution in [0.5, 0.6) is 0 Å². The standard InChI is InChI=1S/C30H45ClSi4/c1-22-19-25(32(4,5)6)13-16-28(22)35(31,29-17-14-26(20-23(29)2)33(7,8)9)30-18-15-27(21-24(30)3)34(10,11)12/h13-21H,1-12H3. The first-order chi connectivity index (χ1) is 15.9. The Labute approximate surface area is 223 Å². The van der Waals surface area contributed by atoms with Crippen LogP contribution < -0.4 is 31.1 Å². The third-order valence-electron chi connectivity index (χ3n) is 7.39. The Morgan fingerprint density at radius 2 is 0.657 bits per heavy atom. The molecule has 0 spiro atoms. The zero-order valence-corrected chi connectivity index (χ0v) is 28.8. The molecule has 0 nitrogen and oxygen atoms in total. The summed E-state index contributed by atoms with van der Waals surface area (Å²) >= 11 is 8.10. The largest absolute Gasteiger partial charge is 0.248 e. The molecule has 0 bridgehead atoms. The summed E-state index contributed by atoms with van der Waals surface area (Å²) in [6.45, 7) is 28.6. The molecule has 0 aliphatic rings. The van der Waals surface area contributed by atoms with Gasteiger partial charge in [0.25, 0.3) is 0 Å². The van der Waals surface area contributed by atoms with Crippen LogP contribution in [0.2, 0.25) is 58.9 Å². The molecule has 0 aliphatic heterocycles. The Bertz CT molecular complexity index is 1090. The summed E-state index contributed by atoms with van der Waals surface area (Å²) in [4.78, 5) is 0. The molecule has 0 fully saturated rings. The Balaban J connectivity index is 2.35. The molecule has 0 heterocycles. The zero-order valence-electron chi connectivity index (χ0n) is 24.1. The smallest absolute Gasteiger partial charge is 0.149 e. The summed E-state index contributed by atoms with van der Waals surface area (Å²) in [7, 11) is -6.95. The minimum Gasteiger partial charge on any atom is -0.149 e. The van der Waals surface area contributed by atoms with Gasteiger partial charge in [0.2, 0.25) is 7.38 Å². The van der Waals surface area contributed by atoms with Crippen molar-refractivity contribution in [2.75, 3.05) is 0 Å². The van der Waals surface area contributed by atoms with Crippen LogP contribution in [-0.4, -0.2) is 31.6 Å². The minimum atomic E-state index is -2.74. The fourth-order valence-corrected chi connectivity index (χ4v) is 14.2. The van der Waals surface area contributed by atoms with E-state index in [1.807, 2.05) is 0 Å². The lowest BCUT2D eigenvalue weighted by Gasteiger charge is -2.33. The van der Waals surface area contributed by atoms with Gasteiger partial charge in [-0.3, -0.25) is 0 Å². The molecule has 3 aromatic carbocycles. The molecule has 0 unspecified atom stereocenters. The SMILES string of the molecule is Cc1cc([Si](C)(C)C)ccc1[Si](Cl)(c1ccc([Si](C)(C)C)cc1C)c1ccc([Si](C)(C)C)cc1C. The van der Waals surface area contributed by atoms with Gasteiger partial charge in [0.05, 0.1) is 24.2 Å². The number of benzene rings is 3. The predicted molar refractivity (Wildman–Crippen MR) is 173 cm³/mol. The maximum atomic E-state index is 8.10. The maximum absolute atomic E-state index is 8.10. The van der Waals surface area contributed by atoms with Gasteiger partial charge >= 0.3 is 0 Å². The molecule has 0 saturated heterocycles. The highest BCUT2D eigenvalue weighted by Gasteiger charge is 2.42. The molecule has 35 heavy (non-hydrogen) atoms. The average molecular weight is 553 g/mol. The van der Waals surface area contributed by atoms with E-state index in [2.05, 4.69) is 134 Å². The Kier molecular flexibility index (Phi) is 7.79. The van der Waals surface area contributed by atoms with Crippen LogP contribution in [0, 0.1) is 20.8 Å². The van der Waals surface area contributed by atoms with Gasteiger partial charge in [-0.15, -0.1) is 11.1 Å². The van der Waals surface area contributed by atoms with E-state index >= 15 is 0 Å². The van der Waals surface area contributed by atoms with Gasteiger partial charge in [-0.1, -0.05) is 146 Å². The molecule has 0 amide bonds. The lowest BCUT2D eigenvalue weighted by atomic mass is 10.2. The highest BCUT2D eigenvalue weighted by atomic mass is 35.6. The Morgan fingerprint density at radius 3 is 0.829 bits per heavy atom. The molecule has 0 atom stereocenters. The molecule has 3 aromatic rings. The first-order valence-electron chi connectivity index (χ1n) is 12.9. The van der Waals surface area contributed by atoms with E-state index in [-0.39, 0.29) is 0 Å². The normalized spacial score (nSPS) is 13.3. The molecule has 0 aromatic heterocycles. The van der Waals surface area contributed by atoms with Gasteiger partial charge in [0, 0.05) is 0 Å². The second kappa shape index (κ2) is 9.60. The number of hydrogen-bond donors (Lipinski definition) is 0. The molecule has 3 rings (SSSR count). The van der Waals surface area contributed by atoms with E-state index in [4.69, 9.17) is 11.1 Å². The van der Waals surface area contributed by atoms with Crippen LogP contribution in [0.15, 0.2) is 54.6 Å². The van der Waals surface area contributed by atoms with Crippen molar-refractivity contribution >= 4 is 73.8 Å². The van der Waals surface area contributed by atoms with Crippen molar-refractivity contribution in [1.82, 2.24) is 0 Å². The third-order valence-corrected chi connectivity index (χ3v) is 19.3. The van der Waals surface area contributed by atoms with Crippen LogP contribution in [0.4, 0.5) is 0 Å². The van der Waals surface area contributed by atoms with Crippen molar-refractivity contribution in [2.24, 2.45) is 0 Å². The third kappa shape index (κ3) is 5.72. The van der Waals surface area contributed by atoms with Gasteiger partial charge in [0.15, 0.2) is 0 Å². The Morgan fingerprint density at radius 1 is 0.429 bits per heavy atom. The average Bonchev–Trinajstić information content (AvgIpc) is 2.71. The van der Waals surface area contributed by atoms with Crippen LogP contribution in [0.1, 0.15) is 16.7 Å². The molecular weight excluding hydrogens is 508 g/mol. The van der Waals surface area contributed by atoms with Crippen LogP contribution in [0.3, 0.4) is 0 Å². The summed E-state index contributed by atoms with van der Waals surface area (Å²) < 4.78 is 0. The minimum absolute atomic E-state index is 1.34. The molecule has 188 valence electrons. The zero-order chi connectivity index (χ0) is 26.6. The fourth-order valence-electron chi connectivity index (χ4n) is 4.99. The number of rotatable bonds is 6. The van der Waals surface area contributed by atoms with E-state index in [0.717, 1.165) is 0 Å². The summed E-state index contributed by atoms with van der Waals surface area (Å²) in [5.74, 6) is 0. The van der Waals surface area contributed by atoms with Gasteiger partial charge < -0.3 is 0 Å². The molecule has 0 saturated carbocycles. The first-order valence-corrected chi connectivity index (χ1v) is 26.4. The molecule has 5 heteroatoms. The van der Waals surface area contributed by atoms with E-state index < -0.39 is 31.6 Å². The van der Waals surface area contributed by atoms with Crippen molar-refractivity contribution in [3.63, 3.8) is 0 Å². The van der Waals surface area contributed by atoms with Crippen molar-refractivity contribution in [2.45, 2.75) is 79.7 Å². The van der Waals surface area contributed by atoms with E-state index in [1.165, 1.54) is 47.8 Å². The summed E-state index contributed by atoms with van der Waals surface area (Å²) in [5, 5.41) is 8.53. The monoisotopic (exact) mass is 552 g/mol. The Hall–Kier alpha value is -1.18. The van der Waals surface area contributed by atoms with Gasteiger partial charge in [-0.05, 0) is 36.3 Å². The van der Waals surface area contributed by atoms with Gasteiger partial charge in [-0.25, -0.2) is 0 Å².